The number of ether oxygens (including phenoxy) is 1. The maximum Gasteiger partial charge on any atom is 0.346 e. The molecule has 1 saturated heterocycles. The SMILES string of the molecule is COc1ccc(C2(C)NC(=O)N(/N=C/c3ccc(Cl)c([N+](=O)[O-])c3)C2=O)cc1. The van der Waals surface area contributed by atoms with Crippen LogP contribution in [0.3, 0.4) is 0 Å². The van der Waals surface area contributed by atoms with Crippen LogP contribution in [0, 0.1) is 10.1 Å². The molecule has 1 aliphatic heterocycles. The molecule has 0 aromatic heterocycles. The molecule has 1 heterocycles. The highest BCUT2D eigenvalue weighted by atomic mass is 35.5. The number of nitrogens with zero attached hydrogens (tertiary/aromatic N) is 3. The molecule has 1 atom stereocenters. The van der Waals surface area contributed by atoms with E-state index >= 15 is 0 Å². The molecule has 1 unspecified atom stereocenters. The summed E-state index contributed by atoms with van der Waals surface area (Å²) in [5.41, 5.74) is -0.723. The summed E-state index contributed by atoms with van der Waals surface area (Å²) in [4.78, 5) is 35.4. The number of hydrazone groups is 1. The van der Waals surface area contributed by atoms with E-state index in [-0.39, 0.29) is 10.7 Å². The van der Waals surface area contributed by atoms with Crippen LogP contribution < -0.4 is 10.1 Å². The number of halogens is 1. The van der Waals surface area contributed by atoms with E-state index in [1.54, 1.807) is 31.2 Å². The lowest BCUT2D eigenvalue weighted by Gasteiger charge is -2.21. The van der Waals surface area contributed by atoms with E-state index in [0.29, 0.717) is 21.9 Å². The summed E-state index contributed by atoms with van der Waals surface area (Å²) < 4.78 is 5.09. The van der Waals surface area contributed by atoms with Crippen molar-refractivity contribution in [3.63, 3.8) is 0 Å². The Bertz CT molecular complexity index is 992. The van der Waals surface area contributed by atoms with Gasteiger partial charge in [0, 0.05) is 11.6 Å². The minimum Gasteiger partial charge on any atom is -0.497 e. The lowest BCUT2D eigenvalue weighted by molar-refractivity contribution is -0.384. The largest absolute Gasteiger partial charge is 0.497 e. The van der Waals surface area contributed by atoms with Gasteiger partial charge in [0.05, 0.1) is 18.2 Å². The average molecular weight is 403 g/mol. The minimum atomic E-state index is -1.30. The van der Waals surface area contributed by atoms with E-state index in [1.807, 2.05) is 0 Å². The van der Waals surface area contributed by atoms with Crippen molar-refractivity contribution in [2.75, 3.05) is 7.11 Å². The maximum atomic E-state index is 12.8. The van der Waals surface area contributed by atoms with Crippen molar-refractivity contribution < 1.29 is 19.2 Å². The molecule has 1 aliphatic rings. The van der Waals surface area contributed by atoms with Crippen LogP contribution in [0.4, 0.5) is 10.5 Å². The van der Waals surface area contributed by atoms with Gasteiger partial charge in [-0.2, -0.15) is 5.10 Å². The molecule has 0 spiro atoms. The second-order valence-electron chi connectivity index (χ2n) is 6.11. The molecular weight excluding hydrogens is 388 g/mol. The molecule has 0 bridgehead atoms. The molecule has 28 heavy (non-hydrogen) atoms. The number of urea groups is 1. The zero-order valence-corrected chi connectivity index (χ0v) is 15.6. The summed E-state index contributed by atoms with van der Waals surface area (Å²) in [6.07, 6.45) is 1.18. The predicted molar refractivity (Wildman–Crippen MR) is 101 cm³/mol. The zero-order chi connectivity index (χ0) is 20.5. The third kappa shape index (κ3) is 3.39. The van der Waals surface area contributed by atoms with Gasteiger partial charge < -0.3 is 10.1 Å². The van der Waals surface area contributed by atoms with Crippen LogP contribution in [0.5, 0.6) is 5.75 Å². The highest BCUT2D eigenvalue weighted by molar-refractivity contribution is 6.32. The number of methoxy groups -OCH3 is 1. The smallest absolute Gasteiger partial charge is 0.346 e. The second-order valence-corrected chi connectivity index (χ2v) is 6.52. The first kappa shape index (κ1) is 19.3. The lowest BCUT2D eigenvalue weighted by atomic mass is 9.92. The van der Waals surface area contributed by atoms with Crippen molar-refractivity contribution in [1.29, 1.82) is 0 Å². The molecule has 144 valence electrons. The van der Waals surface area contributed by atoms with Crippen molar-refractivity contribution in [3.05, 3.63) is 68.7 Å². The quantitative estimate of drug-likeness (QED) is 0.357. The number of hydrogen-bond acceptors (Lipinski definition) is 6. The summed E-state index contributed by atoms with van der Waals surface area (Å²) in [5.74, 6) is 0.0331. The Labute approximate surface area is 164 Å². The highest BCUT2D eigenvalue weighted by Gasteiger charge is 2.49. The number of benzene rings is 2. The van der Waals surface area contributed by atoms with Crippen molar-refractivity contribution >= 4 is 35.4 Å². The topological polar surface area (TPSA) is 114 Å². The predicted octanol–water partition coefficient (Wildman–Crippen LogP) is 3.06. The van der Waals surface area contributed by atoms with Gasteiger partial charge >= 0.3 is 6.03 Å². The number of imide groups is 1. The van der Waals surface area contributed by atoms with Gasteiger partial charge in [-0.25, -0.2) is 4.79 Å². The Kier molecular flexibility index (Phi) is 5.02. The summed E-state index contributed by atoms with van der Waals surface area (Å²) >= 11 is 5.77. The fourth-order valence-electron chi connectivity index (χ4n) is 2.72. The molecular formula is C18H15ClN4O5. The number of amides is 3. The molecule has 0 radical (unpaired) electrons. The molecule has 2 aromatic rings. The van der Waals surface area contributed by atoms with Crippen molar-refractivity contribution in [2.24, 2.45) is 5.10 Å². The van der Waals surface area contributed by atoms with E-state index in [2.05, 4.69) is 10.4 Å². The average Bonchev–Trinajstić information content (AvgIpc) is 2.90. The number of nitro groups is 1. The Morgan fingerprint density at radius 2 is 1.93 bits per heavy atom. The molecule has 3 amide bonds. The Morgan fingerprint density at radius 3 is 2.54 bits per heavy atom. The van der Waals surface area contributed by atoms with Crippen LogP contribution in [0.25, 0.3) is 0 Å². The number of hydrogen-bond donors (Lipinski definition) is 1. The number of rotatable bonds is 5. The van der Waals surface area contributed by atoms with Crippen LogP contribution in [0.1, 0.15) is 18.1 Å². The van der Waals surface area contributed by atoms with Gasteiger partial charge in [-0.15, -0.1) is 5.01 Å². The molecule has 2 aromatic carbocycles. The molecule has 1 fully saturated rings. The number of carbonyl (C=O) groups is 2. The summed E-state index contributed by atoms with van der Waals surface area (Å²) in [6, 6.07) is 10.0. The maximum absolute atomic E-state index is 12.8. The van der Waals surface area contributed by atoms with Gasteiger partial charge in [0.2, 0.25) is 0 Å². The summed E-state index contributed by atoms with van der Waals surface area (Å²) in [7, 11) is 1.52. The summed E-state index contributed by atoms with van der Waals surface area (Å²) in [5, 5.41) is 18.1. The van der Waals surface area contributed by atoms with Gasteiger partial charge in [0.25, 0.3) is 11.6 Å². The first-order valence-electron chi connectivity index (χ1n) is 8.05. The van der Waals surface area contributed by atoms with E-state index in [4.69, 9.17) is 16.3 Å². The van der Waals surface area contributed by atoms with Crippen LogP contribution in [0.2, 0.25) is 5.02 Å². The van der Waals surface area contributed by atoms with Crippen LogP contribution in [-0.4, -0.2) is 35.2 Å². The van der Waals surface area contributed by atoms with E-state index < -0.39 is 22.4 Å². The molecule has 9 nitrogen and oxygen atoms in total. The Balaban J connectivity index is 1.86. The van der Waals surface area contributed by atoms with Crippen molar-refractivity contribution in [2.45, 2.75) is 12.5 Å². The van der Waals surface area contributed by atoms with Crippen LogP contribution >= 0.6 is 11.6 Å². The fourth-order valence-corrected chi connectivity index (χ4v) is 2.91. The Hall–Kier alpha value is -3.46. The fraction of sp³-hybridized carbons (Fsp3) is 0.167. The number of nitrogens with one attached hydrogen (secondary N) is 1. The van der Waals surface area contributed by atoms with Crippen molar-refractivity contribution in [1.82, 2.24) is 10.3 Å². The molecule has 10 heteroatoms. The zero-order valence-electron chi connectivity index (χ0n) is 14.9. The monoisotopic (exact) mass is 402 g/mol. The minimum absolute atomic E-state index is 0.0239. The van der Waals surface area contributed by atoms with Gasteiger partial charge in [0.15, 0.2) is 0 Å². The second kappa shape index (κ2) is 7.28. The van der Waals surface area contributed by atoms with Gasteiger partial charge in [-0.1, -0.05) is 29.8 Å². The standard InChI is InChI=1S/C18H15ClN4O5/c1-18(12-4-6-13(28-2)7-5-12)16(24)22(17(25)21-18)20-10-11-3-8-14(19)15(9-11)23(26)27/h3-10H,1-2H3,(H,21,25)/b20-10+. The van der Waals surface area contributed by atoms with E-state index in [1.165, 1.54) is 31.5 Å². The number of carbonyl (C=O) groups excluding carboxylic acids is 2. The normalized spacial score (nSPS) is 19.2. The van der Waals surface area contributed by atoms with Crippen LogP contribution in [0.15, 0.2) is 47.6 Å². The third-order valence-corrected chi connectivity index (χ3v) is 4.65. The van der Waals surface area contributed by atoms with E-state index in [0.717, 1.165) is 0 Å². The Morgan fingerprint density at radius 1 is 1.25 bits per heavy atom. The van der Waals surface area contributed by atoms with Gasteiger partial charge in [-0.3, -0.25) is 14.9 Å². The molecule has 0 saturated carbocycles. The van der Waals surface area contributed by atoms with Crippen LogP contribution in [-0.2, 0) is 10.3 Å². The number of nitro benzene ring substituents is 1. The highest BCUT2D eigenvalue weighted by Crippen LogP contribution is 2.30. The molecule has 0 aliphatic carbocycles. The first-order chi connectivity index (χ1) is 13.3. The molecule has 3 rings (SSSR count). The summed E-state index contributed by atoms with van der Waals surface area (Å²) in [6.45, 7) is 1.57. The van der Waals surface area contributed by atoms with Gasteiger partial charge in [0.1, 0.15) is 16.3 Å². The third-order valence-electron chi connectivity index (χ3n) is 4.33. The van der Waals surface area contributed by atoms with E-state index in [9.17, 15) is 19.7 Å². The molecule has 1 N–H and O–H groups in total. The first-order valence-corrected chi connectivity index (χ1v) is 8.43. The van der Waals surface area contributed by atoms with Gasteiger partial charge in [-0.05, 0) is 30.7 Å². The lowest BCUT2D eigenvalue weighted by Crippen LogP contribution is -2.40. The van der Waals surface area contributed by atoms with Crippen molar-refractivity contribution in [3.8, 4) is 5.75 Å².